The van der Waals surface area contributed by atoms with Gasteiger partial charge in [-0.15, -0.1) is 0 Å². The smallest absolute Gasteiger partial charge is 0.308 e. The first-order valence-electron chi connectivity index (χ1n) is 6.63. The maximum absolute atomic E-state index is 12.0. The number of hydrogen-bond donors (Lipinski definition) is 2. The zero-order chi connectivity index (χ0) is 15.9. The summed E-state index contributed by atoms with van der Waals surface area (Å²) in [5.41, 5.74) is 1.14. The number of nitrogens with one attached hydrogen (secondary N) is 1. The molecule has 0 fully saturated rings. The quantitative estimate of drug-likeness (QED) is 0.801. The molecule has 0 aliphatic carbocycles. The zero-order valence-corrected chi connectivity index (χ0v) is 12.5. The Morgan fingerprint density at radius 1 is 1.05 bits per heavy atom. The lowest BCUT2D eigenvalue weighted by atomic mass is 10.2. The van der Waals surface area contributed by atoms with Crippen LogP contribution in [0, 0.1) is 0 Å². The van der Waals surface area contributed by atoms with Crippen LogP contribution in [-0.4, -0.2) is 27.3 Å². The summed E-state index contributed by atoms with van der Waals surface area (Å²) < 4.78 is 11.9. The monoisotopic (exact) mass is 317 g/mol. The van der Waals surface area contributed by atoms with Gasteiger partial charge in [-0.25, -0.2) is 0 Å². The molecule has 0 saturated carbocycles. The molecule has 6 heteroatoms. The third kappa shape index (κ3) is 4.61. The van der Waals surface area contributed by atoms with Crippen LogP contribution in [0.4, 0.5) is 5.69 Å². The summed E-state index contributed by atoms with van der Waals surface area (Å²) in [7, 11) is 0. The molecule has 2 rings (SSSR count). The van der Waals surface area contributed by atoms with E-state index in [-0.39, 0.29) is 18.1 Å². The summed E-state index contributed by atoms with van der Waals surface area (Å²) in [5.74, 6) is -1.12. The van der Waals surface area contributed by atoms with Crippen LogP contribution in [0.1, 0.15) is 16.8 Å². The first-order valence-corrected chi connectivity index (χ1v) is 7.95. The van der Waals surface area contributed by atoms with Crippen molar-refractivity contribution in [3.63, 3.8) is 0 Å². The van der Waals surface area contributed by atoms with Gasteiger partial charge >= 0.3 is 5.97 Å². The van der Waals surface area contributed by atoms with E-state index in [9.17, 15) is 14.1 Å². The van der Waals surface area contributed by atoms with E-state index >= 15 is 0 Å². The maximum atomic E-state index is 12.0. The van der Waals surface area contributed by atoms with E-state index in [4.69, 9.17) is 5.11 Å². The van der Waals surface area contributed by atoms with E-state index in [1.54, 1.807) is 48.5 Å². The number of carboxylic acid groups (broad SMARTS) is 1. The van der Waals surface area contributed by atoms with E-state index < -0.39 is 17.1 Å². The number of benzene rings is 2. The summed E-state index contributed by atoms with van der Waals surface area (Å²) in [6, 6.07) is 15.4. The van der Waals surface area contributed by atoms with Gasteiger partial charge in [0.2, 0.25) is 0 Å². The van der Waals surface area contributed by atoms with Crippen molar-refractivity contribution in [3.05, 3.63) is 60.2 Å². The Kier molecular flexibility index (Phi) is 5.57. The Hall–Kier alpha value is -2.31. The summed E-state index contributed by atoms with van der Waals surface area (Å²) in [6.07, 6.45) is -0.140. The fourth-order valence-electron chi connectivity index (χ4n) is 1.78. The second-order valence-electron chi connectivity index (χ2n) is 4.54. The third-order valence-electron chi connectivity index (χ3n) is 2.91. The summed E-state index contributed by atoms with van der Waals surface area (Å²) in [6.45, 7) is 0. The molecule has 0 bridgehead atoms. The highest BCUT2D eigenvalue weighted by Gasteiger charge is 2.13. The van der Waals surface area contributed by atoms with Crippen LogP contribution in [0.2, 0.25) is 0 Å². The van der Waals surface area contributed by atoms with Crippen molar-refractivity contribution in [2.75, 3.05) is 11.1 Å². The van der Waals surface area contributed by atoms with Crippen molar-refractivity contribution in [2.45, 2.75) is 11.3 Å². The highest BCUT2D eigenvalue weighted by atomic mass is 32.2. The SMILES string of the molecule is O=C(O)CC[S+]([O-])c1ccc(NC(=O)c2ccccc2)cc1. The lowest BCUT2D eigenvalue weighted by molar-refractivity contribution is -0.136. The summed E-state index contributed by atoms with van der Waals surface area (Å²) >= 11 is -1.35. The van der Waals surface area contributed by atoms with Gasteiger partial charge in [0.1, 0.15) is 5.75 Å². The minimum absolute atomic E-state index is 0.0745. The van der Waals surface area contributed by atoms with Gasteiger partial charge in [-0.3, -0.25) is 9.59 Å². The molecule has 1 amide bonds. The van der Waals surface area contributed by atoms with Gasteiger partial charge in [-0.2, -0.15) is 0 Å². The Morgan fingerprint density at radius 3 is 2.27 bits per heavy atom. The van der Waals surface area contributed by atoms with Crippen LogP contribution in [-0.2, 0) is 16.0 Å². The Labute approximate surface area is 131 Å². The fraction of sp³-hybridized carbons (Fsp3) is 0.125. The Balaban J connectivity index is 1.97. The minimum atomic E-state index is -1.35. The first kappa shape index (κ1) is 16.1. The first-order chi connectivity index (χ1) is 10.6. The molecule has 2 aromatic carbocycles. The second kappa shape index (κ2) is 7.63. The number of carboxylic acids is 1. The van der Waals surface area contributed by atoms with Gasteiger partial charge in [-0.1, -0.05) is 18.2 Å². The lowest BCUT2D eigenvalue weighted by Crippen LogP contribution is -2.13. The van der Waals surface area contributed by atoms with Crippen LogP contribution in [0.3, 0.4) is 0 Å². The molecule has 0 radical (unpaired) electrons. The maximum Gasteiger partial charge on any atom is 0.308 e. The molecular formula is C16H15NO4S. The molecule has 0 heterocycles. The molecule has 1 atom stereocenters. The normalized spacial score (nSPS) is 11.7. The number of aliphatic carboxylic acids is 1. The molecule has 0 aliphatic rings. The average Bonchev–Trinajstić information content (AvgIpc) is 2.54. The van der Waals surface area contributed by atoms with Crippen molar-refractivity contribution in [3.8, 4) is 0 Å². The van der Waals surface area contributed by atoms with Crippen molar-refractivity contribution in [2.24, 2.45) is 0 Å². The largest absolute Gasteiger partial charge is 0.611 e. The van der Waals surface area contributed by atoms with Crippen LogP contribution in [0.15, 0.2) is 59.5 Å². The summed E-state index contributed by atoms with van der Waals surface area (Å²) in [4.78, 5) is 23.0. The molecule has 0 aromatic heterocycles. The second-order valence-corrected chi connectivity index (χ2v) is 6.11. The number of anilines is 1. The minimum Gasteiger partial charge on any atom is -0.611 e. The highest BCUT2D eigenvalue weighted by Crippen LogP contribution is 2.17. The van der Waals surface area contributed by atoms with Crippen molar-refractivity contribution >= 4 is 28.7 Å². The number of amides is 1. The Morgan fingerprint density at radius 2 is 1.68 bits per heavy atom. The zero-order valence-electron chi connectivity index (χ0n) is 11.7. The molecule has 0 aliphatic heterocycles. The highest BCUT2D eigenvalue weighted by molar-refractivity contribution is 7.91. The number of carbonyl (C=O) groups excluding carboxylic acids is 1. The van der Waals surface area contributed by atoms with Crippen LogP contribution in [0.25, 0.3) is 0 Å². The van der Waals surface area contributed by atoms with E-state index in [2.05, 4.69) is 5.32 Å². The molecular weight excluding hydrogens is 302 g/mol. The van der Waals surface area contributed by atoms with Crippen molar-refractivity contribution < 1.29 is 19.2 Å². The molecule has 2 N–H and O–H groups in total. The topological polar surface area (TPSA) is 89.5 Å². The van der Waals surface area contributed by atoms with E-state index in [1.807, 2.05) is 6.07 Å². The van der Waals surface area contributed by atoms with E-state index in [1.165, 1.54) is 0 Å². The van der Waals surface area contributed by atoms with Gasteiger partial charge < -0.3 is 15.0 Å². The standard InChI is InChI=1S/C16H15NO4S/c18-15(19)10-11-22(21)14-8-6-13(7-9-14)17-16(20)12-4-2-1-3-5-12/h1-9H,10-11H2,(H,17,20)(H,18,19). The van der Waals surface area contributed by atoms with Crippen LogP contribution < -0.4 is 5.32 Å². The predicted molar refractivity (Wildman–Crippen MR) is 84.4 cm³/mol. The van der Waals surface area contributed by atoms with Crippen molar-refractivity contribution in [1.29, 1.82) is 0 Å². The van der Waals surface area contributed by atoms with Crippen LogP contribution in [0.5, 0.6) is 0 Å². The van der Waals surface area contributed by atoms with Crippen molar-refractivity contribution in [1.82, 2.24) is 0 Å². The predicted octanol–water partition coefficient (Wildman–Crippen LogP) is 2.52. The van der Waals surface area contributed by atoms with Gasteiger partial charge in [0.15, 0.2) is 4.90 Å². The summed E-state index contributed by atoms with van der Waals surface area (Å²) in [5, 5.41) is 11.3. The molecule has 22 heavy (non-hydrogen) atoms. The van der Waals surface area contributed by atoms with E-state index in [0.29, 0.717) is 16.1 Å². The molecule has 114 valence electrons. The fourth-order valence-corrected chi connectivity index (χ4v) is 2.82. The number of hydrogen-bond acceptors (Lipinski definition) is 3. The Bertz CT molecular complexity index is 643. The molecule has 0 saturated heterocycles. The van der Waals surface area contributed by atoms with Gasteiger partial charge in [0, 0.05) is 11.3 Å². The lowest BCUT2D eigenvalue weighted by Gasteiger charge is -2.10. The number of rotatable bonds is 6. The molecule has 0 spiro atoms. The molecule has 2 aromatic rings. The van der Waals surface area contributed by atoms with Crippen LogP contribution >= 0.6 is 0 Å². The molecule has 1 unspecified atom stereocenters. The number of carbonyl (C=O) groups is 2. The molecule has 5 nitrogen and oxygen atoms in total. The average molecular weight is 317 g/mol. The van der Waals surface area contributed by atoms with Gasteiger partial charge in [0.25, 0.3) is 5.91 Å². The van der Waals surface area contributed by atoms with Gasteiger partial charge in [-0.05, 0) is 47.6 Å². The van der Waals surface area contributed by atoms with E-state index in [0.717, 1.165) is 0 Å². The van der Waals surface area contributed by atoms with Gasteiger partial charge in [0.05, 0.1) is 6.42 Å². The third-order valence-corrected chi connectivity index (χ3v) is 4.29.